The highest BCUT2D eigenvalue weighted by Crippen LogP contribution is 2.54. The second-order valence-corrected chi connectivity index (χ2v) is 9.47. The molecule has 0 amide bonds. The van der Waals surface area contributed by atoms with Crippen LogP contribution in [0.4, 0.5) is 0 Å². The van der Waals surface area contributed by atoms with Gasteiger partial charge in [-0.2, -0.15) is 17.5 Å². The van der Waals surface area contributed by atoms with Gasteiger partial charge in [0.25, 0.3) is 0 Å². The smallest absolute Gasteiger partial charge is 0.0969 e. The van der Waals surface area contributed by atoms with Crippen molar-refractivity contribution in [2.45, 2.75) is 61.7 Å². The predicted molar refractivity (Wildman–Crippen MR) is 102 cm³/mol. The van der Waals surface area contributed by atoms with Crippen LogP contribution < -0.4 is 0 Å². The van der Waals surface area contributed by atoms with E-state index in [2.05, 4.69) is 22.6 Å². The first-order chi connectivity index (χ1) is 12.8. The summed E-state index contributed by atoms with van der Waals surface area (Å²) < 4.78 is 37.6. The number of hydrogen-bond acceptors (Lipinski definition) is 10. The van der Waals surface area contributed by atoms with Crippen LogP contribution >= 0.6 is 23.5 Å². The fourth-order valence-electron chi connectivity index (χ4n) is 4.76. The molecule has 134 valence electrons. The summed E-state index contributed by atoms with van der Waals surface area (Å²) >= 11 is 5.26. The SMILES string of the molecule is CC1c2nsnc2C(C2c3nsnc3C(C)C3N=S=NC32)C2N=S=NC12. The third-order valence-electron chi connectivity index (χ3n) is 6.10. The summed E-state index contributed by atoms with van der Waals surface area (Å²) in [5, 5.41) is 0. The van der Waals surface area contributed by atoms with E-state index in [0.717, 1.165) is 22.8 Å². The number of hydrogen-bond donors (Lipinski definition) is 0. The van der Waals surface area contributed by atoms with E-state index in [9.17, 15) is 0 Å². The van der Waals surface area contributed by atoms with Crippen molar-refractivity contribution in [2.75, 3.05) is 0 Å². The van der Waals surface area contributed by atoms with E-state index in [4.69, 9.17) is 26.2 Å². The zero-order chi connectivity index (χ0) is 17.4. The summed E-state index contributed by atoms with van der Waals surface area (Å²) in [7, 11) is 0. The molecule has 0 saturated heterocycles. The Balaban J connectivity index is 1.56. The molecule has 0 aromatic carbocycles. The maximum Gasteiger partial charge on any atom is 0.0969 e. The summed E-state index contributed by atoms with van der Waals surface area (Å²) in [6, 6.07) is 0.446. The number of fused-ring (bicyclic) bond motifs is 4. The van der Waals surface area contributed by atoms with Crippen LogP contribution in [-0.4, -0.2) is 41.7 Å². The van der Waals surface area contributed by atoms with Crippen molar-refractivity contribution in [3.05, 3.63) is 22.8 Å². The second kappa shape index (κ2) is 5.63. The normalized spacial score (nSPS) is 41.8. The number of nitrogens with zero attached hydrogens (tertiary/aromatic N) is 8. The molecule has 0 spiro atoms. The van der Waals surface area contributed by atoms with Crippen molar-refractivity contribution in [1.29, 1.82) is 0 Å². The molecule has 0 N–H and O–H groups in total. The van der Waals surface area contributed by atoms with Crippen LogP contribution in [0.15, 0.2) is 17.5 Å². The van der Waals surface area contributed by atoms with Crippen LogP contribution in [0.25, 0.3) is 0 Å². The van der Waals surface area contributed by atoms with Crippen LogP contribution in [0.2, 0.25) is 0 Å². The molecule has 8 nitrogen and oxygen atoms in total. The van der Waals surface area contributed by atoms with Crippen LogP contribution in [0, 0.1) is 0 Å². The highest BCUT2D eigenvalue weighted by molar-refractivity contribution is 7.57. The van der Waals surface area contributed by atoms with Gasteiger partial charge in [-0.05, 0) is 0 Å². The highest BCUT2D eigenvalue weighted by Gasteiger charge is 2.56. The van der Waals surface area contributed by atoms with Gasteiger partial charge in [-0.1, -0.05) is 13.8 Å². The summed E-state index contributed by atoms with van der Waals surface area (Å²) in [5.74, 6) is 0.664. The Kier molecular flexibility index (Phi) is 3.42. The lowest BCUT2D eigenvalue weighted by molar-refractivity contribution is 0.281. The molecule has 6 rings (SSSR count). The molecule has 0 bridgehead atoms. The lowest BCUT2D eigenvalue weighted by Crippen LogP contribution is -2.46. The molecule has 2 aliphatic carbocycles. The first-order valence-corrected chi connectivity index (χ1v) is 11.5. The molecule has 26 heavy (non-hydrogen) atoms. The zero-order valence-electron chi connectivity index (χ0n) is 13.8. The van der Waals surface area contributed by atoms with Gasteiger partial charge in [-0.3, -0.25) is 0 Å². The van der Waals surface area contributed by atoms with Crippen LogP contribution in [0.1, 0.15) is 60.3 Å². The minimum Gasteiger partial charge on any atom is -0.207 e. The largest absolute Gasteiger partial charge is 0.207 e. The Bertz CT molecular complexity index is 949. The first-order valence-electron chi connectivity index (χ1n) is 8.53. The maximum absolute atomic E-state index is 4.80. The maximum atomic E-state index is 4.80. The van der Waals surface area contributed by atoms with Crippen molar-refractivity contribution in [3.63, 3.8) is 0 Å². The van der Waals surface area contributed by atoms with Crippen LogP contribution in [0.3, 0.4) is 0 Å². The number of aromatic nitrogens is 4. The molecule has 8 atom stereocenters. The van der Waals surface area contributed by atoms with E-state index in [1.165, 1.54) is 46.2 Å². The van der Waals surface area contributed by atoms with Crippen molar-refractivity contribution < 1.29 is 0 Å². The van der Waals surface area contributed by atoms with Crippen molar-refractivity contribution in [1.82, 2.24) is 17.5 Å². The Morgan fingerprint density at radius 1 is 0.538 bits per heavy atom. The molecule has 2 aromatic rings. The summed E-state index contributed by atoms with van der Waals surface area (Å²) in [5.41, 5.74) is 4.28. The minimum absolute atomic E-state index is 0.0841. The number of rotatable bonds is 1. The van der Waals surface area contributed by atoms with Gasteiger partial charge < -0.3 is 0 Å². The lowest BCUT2D eigenvalue weighted by Gasteiger charge is -2.42. The first kappa shape index (κ1) is 15.8. The van der Waals surface area contributed by atoms with E-state index in [-0.39, 0.29) is 47.8 Å². The molecule has 2 aromatic heterocycles. The van der Waals surface area contributed by atoms with Gasteiger partial charge in [0, 0.05) is 23.7 Å². The summed E-state index contributed by atoms with van der Waals surface area (Å²) in [6.45, 7) is 4.37. The average Bonchev–Trinajstić information content (AvgIpc) is 3.43. The fraction of sp³-hybridized carbons (Fsp3) is 0.714. The van der Waals surface area contributed by atoms with Crippen molar-refractivity contribution in [3.8, 4) is 0 Å². The fourth-order valence-corrected chi connectivity index (χ4v) is 7.82. The molecular weight excluding hydrogens is 408 g/mol. The molecule has 4 aliphatic rings. The lowest BCUT2D eigenvalue weighted by atomic mass is 9.64. The summed E-state index contributed by atoms with van der Waals surface area (Å²) in [4.78, 5) is 0. The van der Waals surface area contributed by atoms with Crippen LogP contribution in [0.5, 0.6) is 0 Å². The van der Waals surface area contributed by atoms with Crippen LogP contribution in [-0.2, 0) is 22.7 Å². The topological polar surface area (TPSA) is 101 Å². The molecule has 0 radical (unpaired) electrons. The monoisotopic (exact) mass is 422 g/mol. The third-order valence-corrected chi connectivity index (χ3v) is 8.56. The van der Waals surface area contributed by atoms with Gasteiger partial charge in [0.15, 0.2) is 0 Å². The predicted octanol–water partition coefficient (Wildman–Crippen LogP) is 2.89. The Morgan fingerprint density at radius 3 is 1.38 bits per heavy atom. The van der Waals surface area contributed by atoms with E-state index in [0.29, 0.717) is 0 Å². The molecule has 0 fully saturated rings. The molecule has 0 saturated carbocycles. The minimum atomic E-state index is 0.0841. The Labute approximate surface area is 165 Å². The molecular formula is C14H14N8S4. The van der Waals surface area contributed by atoms with E-state index in [1.807, 2.05) is 0 Å². The van der Waals surface area contributed by atoms with E-state index < -0.39 is 0 Å². The van der Waals surface area contributed by atoms with Gasteiger partial charge >= 0.3 is 0 Å². The summed E-state index contributed by atoms with van der Waals surface area (Å²) in [6.07, 6.45) is 0. The van der Waals surface area contributed by atoms with Gasteiger partial charge in [-0.15, -0.1) is 0 Å². The van der Waals surface area contributed by atoms with Gasteiger partial charge in [-0.25, -0.2) is 17.5 Å². The second-order valence-electron chi connectivity index (χ2n) is 7.25. The van der Waals surface area contributed by atoms with Gasteiger partial charge in [0.05, 0.1) is 93.1 Å². The Morgan fingerprint density at radius 2 is 0.923 bits per heavy atom. The Hall–Kier alpha value is -1.24. The molecule has 12 heteroatoms. The van der Waals surface area contributed by atoms with Gasteiger partial charge in [0.1, 0.15) is 0 Å². The van der Waals surface area contributed by atoms with Gasteiger partial charge in [0.2, 0.25) is 0 Å². The molecule has 8 unspecified atom stereocenters. The van der Waals surface area contributed by atoms with Crippen molar-refractivity contribution >= 4 is 46.2 Å². The van der Waals surface area contributed by atoms with E-state index in [1.54, 1.807) is 0 Å². The molecule has 4 heterocycles. The third kappa shape index (κ3) is 1.93. The standard InChI is InChI=1S/C14H14N8S4/c1-3-7-11(19-23-15-7)5(12-8(3)16-24-20-12)6-13-9(17-25-21-13)4(2)10-14(6)22-26-18-10/h3-7,9,11,13H,1-2H3. The quantitative estimate of drug-likeness (QED) is 0.705. The average molecular weight is 423 g/mol. The van der Waals surface area contributed by atoms with Crippen molar-refractivity contribution in [2.24, 2.45) is 17.5 Å². The molecule has 2 aliphatic heterocycles. The highest BCUT2D eigenvalue weighted by atomic mass is 32.1. The zero-order valence-corrected chi connectivity index (χ0v) is 17.1. The van der Waals surface area contributed by atoms with E-state index >= 15 is 0 Å².